The van der Waals surface area contributed by atoms with E-state index in [0.717, 1.165) is 38.2 Å². The van der Waals surface area contributed by atoms with Crippen LogP contribution in [0.2, 0.25) is 0 Å². The van der Waals surface area contributed by atoms with E-state index in [-0.39, 0.29) is 0 Å². The number of hydrogen-bond donors (Lipinski definition) is 3. The summed E-state index contributed by atoms with van der Waals surface area (Å²) in [4.78, 5) is 4.61. The highest BCUT2D eigenvalue weighted by molar-refractivity contribution is 5.79. The van der Waals surface area contributed by atoms with Gasteiger partial charge in [0.25, 0.3) is 0 Å². The predicted octanol–water partition coefficient (Wildman–Crippen LogP) is 2.75. The van der Waals surface area contributed by atoms with E-state index in [1.165, 1.54) is 17.5 Å². The van der Waals surface area contributed by atoms with Crippen LogP contribution in [0.3, 0.4) is 0 Å². The molecule has 0 spiro atoms. The third-order valence-corrected chi connectivity index (χ3v) is 4.25. The number of nitrogens with one attached hydrogen (secondary N) is 2. The number of hydrogen-bond acceptors (Lipinski definition) is 2. The Morgan fingerprint density at radius 3 is 2.45 bits per heavy atom. The first-order valence-corrected chi connectivity index (χ1v) is 8.41. The van der Waals surface area contributed by atoms with Crippen LogP contribution in [-0.2, 0) is 6.54 Å². The van der Waals surface area contributed by atoms with Crippen molar-refractivity contribution in [3.63, 3.8) is 0 Å². The molecule has 0 radical (unpaired) electrons. The van der Waals surface area contributed by atoms with Crippen LogP contribution in [0.4, 0.5) is 0 Å². The number of benzene rings is 1. The number of aliphatic imine (C=N–C) groups is 1. The fourth-order valence-corrected chi connectivity index (χ4v) is 2.84. The lowest BCUT2D eigenvalue weighted by atomic mass is 9.85. The zero-order valence-electron chi connectivity index (χ0n) is 13.9. The van der Waals surface area contributed by atoms with Gasteiger partial charge in [-0.05, 0) is 32.3 Å². The molecule has 1 fully saturated rings. The highest BCUT2D eigenvalue weighted by Crippen LogP contribution is 2.27. The molecule has 1 aliphatic carbocycles. The van der Waals surface area contributed by atoms with Crippen molar-refractivity contribution in [3.8, 4) is 0 Å². The first kappa shape index (κ1) is 16.8. The summed E-state index contributed by atoms with van der Waals surface area (Å²) in [5.41, 5.74) is 1.88. The van der Waals surface area contributed by atoms with E-state index in [4.69, 9.17) is 0 Å². The molecule has 2 rings (SSSR count). The number of rotatable bonds is 5. The molecule has 1 aromatic carbocycles. The van der Waals surface area contributed by atoms with Gasteiger partial charge in [-0.3, -0.25) is 0 Å². The smallest absolute Gasteiger partial charge is 0.191 e. The highest BCUT2D eigenvalue weighted by Gasteiger charge is 2.29. The number of aliphatic hydroxyl groups is 1. The minimum Gasteiger partial charge on any atom is -0.388 e. The van der Waals surface area contributed by atoms with Crippen molar-refractivity contribution in [1.29, 1.82) is 0 Å². The third kappa shape index (κ3) is 5.34. The Balaban J connectivity index is 1.90. The summed E-state index contributed by atoms with van der Waals surface area (Å²) >= 11 is 0. The molecule has 122 valence electrons. The highest BCUT2D eigenvalue weighted by atomic mass is 16.3. The van der Waals surface area contributed by atoms with Crippen molar-refractivity contribution in [2.24, 2.45) is 4.99 Å². The molecule has 0 atom stereocenters. The van der Waals surface area contributed by atoms with Gasteiger partial charge >= 0.3 is 0 Å². The van der Waals surface area contributed by atoms with E-state index in [0.29, 0.717) is 13.1 Å². The Labute approximate surface area is 134 Å². The Hall–Kier alpha value is -1.55. The van der Waals surface area contributed by atoms with Gasteiger partial charge in [-0.15, -0.1) is 0 Å². The van der Waals surface area contributed by atoms with Crippen LogP contribution < -0.4 is 10.6 Å². The van der Waals surface area contributed by atoms with Gasteiger partial charge in [-0.25, -0.2) is 4.99 Å². The van der Waals surface area contributed by atoms with Crippen LogP contribution in [-0.4, -0.2) is 29.8 Å². The Kier molecular flexibility index (Phi) is 6.25. The summed E-state index contributed by atoms with van der Waals surface area (Å²) in [5, 5.41) is 17.1. The largest absolute Gasteiger partial charge is 0.388 e. The quantitative estimate of drug-likeness (QED) is 0.579. The normalized spacial score (nSPS) is 18.0. The molecular weight excluding hydrogens is 274 g/mol. The molecule has 0 heterocycles. The summed E-state index contributed by atoms with van der Waals surface area (Å²) in [6.45, 7) is 6.18. The molecule has 3 N–H and O–H groups in total. The van der Waals surface area contributed by atoms with Gasteiger partial charge in [-0.2, -0.15) is 0 Å². The Morgan fingerprint density at radius 1 is 1.14 bits per heavy atom. The number of aryl methyl sites for hydroxylation is 1. The third-order valence-electron chi connectivity index (χ3n) is 4.25. The van der Waals surface area contributed by atoms with Gasteiger partial charge in [0, 0.05) is 13.1 Å². The van der Waals surface area contributed by atoms with Crippen molar-refractivity contribution in [1.82, 2.24) is 10.6 Å². The summed E-state index contributed by atoms with van der Waals surface area (Å²) < 4.78 is 0. The van der Waals surface area contributed by atoms with Gasteiger partial charge in [0.15, 0.2) is 5.96 Å². The van der Waals surface area contributed by atoms with E-state index in [2.05, 4.69) is 53.7 Å². The van der Waals surface area contributed by atoms with Gasteiger partial charge in [0.05, 0.1) is 12.1 Å². The molecule has 0 saturated heterocycles. The summed E-state index contributed by atoms with van der Waals surface area (Å²) in [6.07, 6.45) is 5.25. The van der Waals surface area contributed by atoms with Crippen LogP contribution in [0, 0.1) is 6.92 Å². The molecule has 0 unspecified atom stereocenters. The van der Waals surface area contributed by atoms with E-state index in [1.54, 1.807) is 0 Å². The van der Waals surface area contributed by atoms with Crippen LogP contribution in [0.1, 0.15) is 50.2 Å². The first-order chi connectivity index (χ1) is 10.6. The average molecular weight is 303 g/mol. The van der Waals surface area contributed by atoms with Crippen LogP contribution >= 0.6 is 0 Å². The second-order valence-corrected chi connectivity index (χ2v) is 6.32. The first-order valence-electron chi connectivity index (χ1n) is 8.41. The summed E-state index contributed by atoms with van der Waals surface area (Å²) in [5.74, 6) is 0.780. The summed E-state index contributed by atoms with van der Waals surface area (Å²) in [7, 11) is 0. The molecule has 4 nitrogen and oxygen atoms in total. The molecular formula is C18H29N3O. The zero-order chi connectivity index (χ0) is 15.8. The van der Waals surface area contributed by atoms with Crippen LogP contribution in [0.5, 0.6) is 0 Å². The lowest BCUT2D eigenvalue weighted by molar-refractivity contribution is 0.00859. The van der Waals surface area contributed by atoms with Gasteiger partial charge < -0.3 is 15.7 Å². The summed E-state index contributed by atoms with van der Waals surface area (Å²) in [6, 6.07) is 8.43. The fraction of sp³-hybridized carbons (Fsp3) is 0.611. The Morgan fingerprint density at radius 2 is 1.82 bits per heavy atom. The topological polar surface area (TPSA) is 56.7 Å². The zero-order valence-corrected chi connectivity index (χ0v) is 13.9. The minimum atomic E-state index is -0.571. The van der Waals surface area contributed by atoms with E-state index in [1.807, 2.05) is 0 Å². The molecule has 4 heteroatoms. The van der Waals surface area contributed by atoms with Gasteiger partial charge in [0.2, 0.25) is 0 Å². The number of nitrogens with zero attached hydrogens (tertiary/aromatic N) is 1. The SMILES string of the molecule is CCNC(=NCc1ccc(C)cc1)NCC1(O)CCCCC1. The van der Waals surface area contributed by atoms with Gasteiger partial charge in [0.1, 0.15) is 0 Å². The maximum atomic E-state index is 10.6. The standard InChI is InChI=1S/C18H29N3O/c1-3-19-17(20-13-16-9-7-15(2)8-10-16)21-14-18(22)11-5-4-6-12-18/h7-10,22H,3-6,11-14H2,1-2H3,(H2,19,20,21). The van der Waals surface area contributed by atoms with E-state index < -0.39 is 5.60 Å². The number of guanidine groups is 1. The lowest BCUT2D eigenvalue weighted by Crippen LogP contribution is -2.48. The van der Waals surface area contributed by atoms with Crippen molar-refractivity contribution in [2.45, 2.75) is 58.1 Å². The van der Waals surface area contributed by atoms with Crippen molar-refractivity contribution < 1.29 is 5.11 Å². The minimum absolute atomic E-state index is 0.571. The maximum absolute atomic E-state index is 10.6. The molecule has 1 aromatic rings. The van der Waals surface area contributed by atoms with E-state index in [9.17, 15) is 5.11 Å². The molecule has 22 heavy (non-hydrogen) atoms. The molecule has 1 saturated carbocycles. The second kappa shape index (κ2) is 8.18. The maximum Gasteiger partial charge on any atom is 0.191 e. The van der Waals surface area contributed by atoms with Gasteiger partial charge in [-0.1, -0.05) is 49.1 Å². The van der Waals surface area contributed by atoms with Crippen molar-refractivity contribution in [2.75, 3.05) is 13.1 Å². The Bertz CT molecular complexity index is 476. The molecule has 0 amide bonds. The molecule has 0 aliphatic heterocycles. The lowest BCUT2D eigenvalue weighted by Gasteiger charge is -2.32. The predicted molar refractivity (Wildman–Crippen MR) is 92.0 cm³/mol. The molecule has 0 bridgehead atoms. The molecule has 0 aromatic heterocycles. The van der Waals surface area contributed by atoms with Crippen molar-refractivity contribution in [3.05, 3.63) is 35.4 Å². The second-order valence-electron chi connectivity index (χ2n) is 6.32. The average Bonchev–Trinajstić information content (AvgIpc) is 2.52. The molecule has 1 aliphatic rings. The van der Waals surface area contributed by atoms with Crippen LogP contribution in [0.25, 0.3) is 0 Å². The fourth-order valence-electron chi connectivity index (χ4n) is 2.84. The monoisotopic (exact) mass is 303 g/mol. The van der Waals surface area contributed by atoms with E-state index >= 15 is 0 Å². The van der Waals surface area contributed by atoms with Crippen molar-refractivity contribution >= 4 is 5.96 Å². The van der Waals surface area contributed by atoms with Crippen LogP contribution in [0.15, 0.2) is 29.3 Å².